The van der Waals surface area contributed by atoms with Crippen LogP contribution in [-0.4, -0.2) is 85.3 Å². The third-order valence-electron chi connectivity index (χ3n) is 7.95. The van der Waals surface area contributed by atoms with Gasteiger partial charge in [0.2, 0.25) is 0 Å². The Labute approximate surface area is 240 Å². The molecule has 0 heterocycles. The number of likely N-dealkylation sites (N-methyl/N-ethyl adjacent to an activating group) is 2. The van der Waals surface area contributed by atoms with Crippen LogP contribution in [0.5, 0.6) is 0 Å². The number of nitrogens with zero attached hydrogens (tertiary/aromatic N) is 3. The average molecular weight is 540 g/mol. The van der Waals surface area contributed by atoms with Gasteiger partial charge in [0.15, 0.2) is 0 Å². The van der Waals surface area contributed by atoms with Gasteiger partial charge in [-0.15, -0.1) is 0 Å². The standard InChI is InChI=1S/C34H57N3O2/c1-7-10-17-30(4)37(24-22-35(8-2)31(5)26-38-28-33-18-13-11-14-19-33)25-23-36(9-3)32(6)27-39-29-34-20-15-12-16-21-34/h11-16,18-21,30-32H,7-10,17,22-29H2,1-6H3/t30-,31-,32-/m1/s1. The number of ether oxygens (including phenoxy) is 2. The molecule has 0 aliphatic carbocycles. The minimum Gasteiger partial charge on any atom is -0.375 e. The van der Waals surface area contributed by atoms with E-state index in [-0.39, 0.29) is 0 Å². The van der Waals surface area contributed by atoms with Crippen molar-refractivity contribution in [2.75, 3.05) is 52.5 Å². The summed E-state index contributed by atoms with van der Waals surface area (Å²) in [5, 5.41) is 0. The van der Waals surface area contributed by atoms with Crippen LogP contribution in [-0.2, 0) is 22.7 Å². The monoisotopic (exact) mass is 539 g/mol. The Bertz CT molecular complexity index is 771. The molecule has 0 radical (unpaired) electrons. The van der Waals surface area contributed by atoms with Crippen LogP contribution in [0, 0.1) is 0 Å². The van der Waals surface area contributed by atoms with E-state index in [9.17, 15) is 0 Å². The van der Waals surface area contributed by atoms with Crippen molar-refractivity contribution >= 4 is 0 Å². The normalized spacial score (nSPS) is 14.3. The van der Waals surface area contributed by atoms with E-state index in [0.29, 0.717) is 31.3 Å². The van der Waals surface area contributed by atoms with Gasteiger partial charge in [-0.05, 0) is 51.4 Å². The zero-order valence-corrected chi connectivity index (χ0v) is 25.9. The maximum atomic E-state index is 6.08. The molecule has 0 fully saturated rings. The number of rotatable bonds is 22. The van der Waals surface area contributed by atoms with E-state index in [2.05, 4.69) is 117 Å². The highest BCUT2D eigenvalue weighted by molar-refractivity contribution is 5.14. The molecule has 0 saturated heterocycles. The molecule has 5 heteroatoms. The lowest BCUT2D eigenvalue weighted by molar-refractivity contribution is 0.0426. The van der Waals surface area contributed by atoms with Crippen LogP contribution in [0.4, 0.5) is 0 Å². The van der Waals surface area contributed by atoms with Gasteiger partial charge in [-0.1, -0.05) is 94.3 Å². The summed E-state index contributed by atoms with van der Waals surface area (Å²) in [6.07, 6.45) is 3.81. The third kappa shape index (κ3) is 13.4. The fourth-order valence-electron chi connectivity index (χ4n) is 5.18. The Kier molecular flexibility index (Phi) is 17.3. The van der Waals surface area contributed by atoms with Crippen LogP contribution >= 0.6 is 0 Å². The third-order valence-corrected chi connectivity index (χ3v) is 7.95. The molecule has 3 atom stereocenters. The lowest BCUT2D eigenvalue weighted by Gasteiger charge is -2.36. The summed E-state index contributed by atoms with van der Waals surface area (Å²) in [7, 11) is 0. The van der Waals surface area contributed by atoms with E-state index in [0.717, 1.165) is 52.5 Å². The Morgan fingerprint density at radius 1 is 0.564 bits per heavy atom. The molecule has 5 nitrogen and oxygen atoms in total. The summed E-state index contributed by atoms with van der Waals surface area (Å²) >= 11 is 0. The van der Waals surface area contributed by atoms with Crippen molar-refractivity contribution in [3.63, 3.8) is 0 Å². The predicted molar refractivity (Wildman–Crippen MR) is 166 cm³/mol. The second-order valence-corrected chi connectivity index (χ2v) is 11.0. The van der Waals surface area contributed by atoms with E-state index in [1.165, 1.54) is 30.4 Å². The Hall–Kier alpha value is -1.76. The first-order chi connectivity index (χ1) is 19.0. The van der Waals surface area contributed by atoms with Gasteiger partial charge >= 0.3 is 0 Å². The molecule has 2 aromatic rings. The fraction of sp³-hybridized carbons (Fsp3) is 0.647. The molecule has 0 saturated carbocycles. The lowest BCUT2D eigenvalue weighted by atomic mass is 10.1. The van der Waals surface area contributed by atoms with E-state index < -0.39 is 0 Å². The summed E-state index contributed by atoms with van der Waals surface area (Å²) in [5.74, 6) is 0. The van der Waals surface area contributed by atoms with Gasteiger partial charge in [0, 0.05) is 44.3 Å². The van der Waals surface area contributed by atoms with Crippen molar-refractivity contribution in [3.05, 3.63) is 71.8 Å². The highest BCUT2D eigenvalue weighted by atomic mass is 16.5. The van der Waals surface area contributed by atoms with E-state index in [1.54, 1.807) is 0 Å². The quantitative estimate of drug-likeness (QED) is 0.166. The number of hydrogen-bond acceptors (Lipinski definition) is 5. The van der Waals surface area contributed by atoms with Crippen molar-refractivity contribution in [1.82, 2.24) is 14.7 Å². The molecular formula is C34H57N3O2. The molecule has 220 valence electrons. The van der Waals surface area contributed by atoms with Crippen LogP contribution < -0.4 is 0 Å². The fourth-order valence-corrected chi connectivity index (χ4v) is 5.18. The van der Waals surface area contributed by atoms with E-state index >= 15 is 0 Å². The van der Waals surface area contributed by atoms with Crippen LogP contribution in [0.1, 0.15) is 71.9 Å². The first-order valence-corrected chi connectivity index (χ1v) is 15.4. The summed E-state index contributed by atoms with van der Waals surface area (Å²) in [6.45, 7) is 23.2. The maximum Gasteiger partial charge on any atom is 0.0717 e. The molecule has 0 aliphatic rings. The molecule has 0 unspecified atom stereocenters. The van der Waals surface area contributed by atoms with E-state index in [4.69, 9.17) is 9.47 Å². The average Bonchev–Trinajstić information content (AvgIpc) is 2.96. The van der Waals surface area contributed by atoms with Gasteiger partial charge in [-0.2, -0.15) is 0 Å². The summed E-state index contributed by atoms with van der Waals surface area (Å²) in [5.41, 5.74) is 2.48. The topological polar surface area (TPSA) is 28.2 Å². The first-order valence-electron chi connectivity index (χ1n) is 15.4. The van der Waals surface area contributed by atoms with Gasteiger partial charge in [-0.25, -0.2) is 0 Å². The maximum absolute atomic E-state index is 6.08. The van der Waals surface area contributed by atoms with Crippen molar-refractivity contribution in [2.24, 2.45) is 0 Å². The summed E-state index contributed by atoms with van der Waals surface area (Å²) < 4.78 is 12.2. The molecule has 2 aromatic carbocycles. The number of benzene rings is 2. The van der Waals surface area contributed by atoms with Crippen LogP contribution in [0.2, 0.25) is 0 Å². The van der Waals surface area contributed by atoms with Crippen molar-refractivity contribution in [2.45, 2.75) is 92.1 Å². The highest BCUT2D eigenvalue weighted by Gasteiger charge is 2.20. The molecule has 0 aliphatic heterocycles. The van der Waals surface area contributed by atoms with Crippen molar-refractivity contribution in [1.29, 1.82) is 0 Å². The summed E-state index contributed by atoms with van der Waals surface area (Å²) in [6, 6.07) is 22.3. The van der Waals surface area contributed by atoms with Gasteiger partial charge in [-0.3, -0.25) is 14.7 Å². The van der Waals surface area contributed by atoms with Gasteiger partial charge in [0.05, 0.1) is 26.4 Å². The highest BCUT2D eigenvalue weighted by Crippen LogP contribution is 2.12. The van der Waals surface area contributed by atoms with Gasteiger partial charge < -0.3 is 9.47 Å². The van der Waals surface area contributed by atoms with E-state index in [1.807, 2.05) is 0 Å². The molecule has 0 amide bonds. The Morgan fingerprint density at radius 3 is 1.36 bits per heavy atom. The Balaban J connectivity index is 1.84. The smallest absolute Gasteiger partial charge is 0.0717 e. The molecular weight excluding hydrogens is 482 g/mol. The van der Waals surface area contributed by atoms with Gasteiger partial charge in [0.25, 0.3) is 0 Å². The second kappa shape index (κ2) is 20.2. The zero-order valence-electron chi connectivity index (χ0n) is 25.9. The van der Waals surface area contributed by atoms with Crippen LogP contribution in [0.3, 0.4) is 0 Å². The molecule has 0 aromatic heterocycles. The first kappa shape index (κ1) is 33.4. The minimum atomic E-state index is 0.403. The largest absolute Gasteiger partial charge is 0.375 e. The van der Waals surface area contributed by atoms with Crippen LogP contribution in [0.25, 0.3) is 0 Å². The predicted octanol–water partition coefficient (Wildman–Crippen LogP) is 6.72. The minimum absolute atomic E-state index is 0.403. The van der Waals surface area contributed by atoms with Crippen molar-refractivity contribution < 1.29 is 9.47 Å². The SMILES string of the molecule is CCCC[C@@H](C)N(CCN(CC)[C@H](C)COCc1ccccc1)CCN(CC)[C@H](C)COCc1ccccc1. The molecule has 2 rings (SSSR count). The molecule has 0 N–H and O–H groups in total. The van der Waals surface area contributed by atoms with Crippen LogP contribution in [0.15, 0.2) is 60.7 Å². The lowest BCUT2D eigenvalue weighted by Crippen LogP contribution is -2.47. The molecule has 0 spiro atoms. The Morgan fingerprint density at radius 2 is 0.974 bits per heavy atom. The van der Waals surface area contributed by atoms with Crippen molar-refractivity contribution in [3.8, 4) is 0 Å². The number of unbranched alkanes of at least 4 members (excludes halogenated alkanes) is 1. The summed E-state index contributed by atoms with van der Waals surface area (Å²) in [4.78, 5) is 7.86. The zero-order chi connectivity index (χ0) is 28.3. The van der Waals surface area contributed by atoms with Gasteiger partial charge in [0.1, 0.15) is 0 Å². The molecule has 0 bridgehead atoms. The number of hydrogen-bond donors (Lipinski definition) is 0. The second-order valence-electron chi connectivity index (χ2n) is 11.0. The molecule has 39 heavy (non-hydrogen) atoms.